The Balaban J connectivity index is 3.13. The third-order valence-corrected chi connectivity index (χ3v) is 0.406. The van der Waals surface area contributed by atoms with Crippen molar-refractivity contribution in [3.63, 3.8) is 0 Å². The largest absolute Gasteiger partial charge is 0.351 e. The molecule has 0 amide bonds. The third kappa shape index (κ3) is 0.265. The molecule has 0 unspecified atom stereocenters. The van der Waals surface area contributed by atoms with Gasteiger partial charge in [0.2, 0.25) is 0 Å². The van der Waals surface area contributed by atoms with E-state index in [1.807, 2.05) is 0 Å². The smallest absolute Gasteiger partial charge is 0.0919 e. The van der Waals surface area contributed by atoms with E-state index in [9.17, 15) is 0 Å². The van der Waals surface area contributed by atoms with Gasteiger partial charge in [0, 0.05) is 12.4 Å². The van der Waals surface area contributed by atoms with Crippen molar-refractivity contribution in [2.75, 3.05) is 0 Å². The molecule has 0 radical (unpaired) electrons. The first-order chi connectivity index (χ1) is 2.50. The minimum absolute atomic E-state index is 1.62. The van der Waals surface area contributed by atoms with Gasteiger partial charge in [-0.3, -0.25) is 0 Å². The predicted octanol–water partition coefficient (Wildman–Crippen LogP) is 0.410. The van der Waals surface area contributed by atoms with Crippen molar-refractivity contribution in [3.8, 4) is 0 Å². The first-order valence-corrected chi connectivity index (χ1v) is 1.43. The fourth-order valence-corrected chi connectivity index (χ4v) is 0.215. The lowest BCUT2D eigenvalue weighted by molar-refractivity contribution is 1.31. The molecule has 2 heteroatoms. The Morgan fingerprint density at radius 3 is 2.80 bits per heavy atom. The summed E-state index contributed by atoms with van der Waals surface area (Å²) >= 11 is 0. The summed E-state index contributed by atoms with van der Waals surface area (Å²) in [6.45, 7) is 0. The van der Waals surface area contributed by atoms with E-state index in [2.05, 4.69) is 9.97 Å². The Bertz CT molecular complexity index is 61.4. The average Bonchev–Trinajstić information content (AvgIpc) is 1.76. The summed E-state index contributed by atoms with van der Waals surface area (Å²) in [4.78, 5) is 6.42. The van der Waals surface area contributed by atoms with Crippen molar-refractivity contribution in [2.45, 2.75) is 0 Å². The second-order valence-corrected chi connectivity index (χ2v) is 0.761. The molecular formula is C3H4N2. The molecule has 0 aliphatic carbocycles. The number of imidazole rings is 1. The van der Waals surface area contributed by atoms with Crippen LogP contribution in [-0.2, 0) is 0 Å². The summed E-state index contributed by atoms with van der Waals surface area (Å²) in [6.07, 6.45) is 5.08. The van der Waals surface area contributed by atoms with Gasteiger partial charge >= 0.3 is 0 Å². The molecule has 1 rings (SSSR count). The van der Waals surface area contributed by atoms with Gasteiger partial charge in [-0.25, -0.2) is 4.98 Å². The van der Waals surface area contributed by atoms with E-state index in [1.54, 1.807) is 18.7 Å². The van der Waals surface area contributed by atoms with Crippen LogP contribution in [0.2, 0.25) is 0 Å². The van der Waals surface area contributed by atoms with Crippen LogP contribution in [0.15, 0.2) is 18.7 Å². The number of aromatic amines is 1. The number of nitrogens with one attached hydrogen (secondary N) is 1. The molecule has 0 aliphatic heterocycles. The van der Waals surface area contributed by atoms with E-state index in [0.29, 0.717) is 0 Å². The maximum atomic E-state index is 3.67. The molecule has 1 aromatic heterocycles. The van der Waals surface area contributed by atoms with Gasteiger partial charge in [-0.05, 0) is 0 Å². The van der Waals surface area contributed by atoms with Crippen LogP contribution in [0.4, 0.5) is 0 Å². The average molecular weight is 71.1 g/mol. The van der Waals surface area contributed by atoms with Gasteiger partial charge in [-0.2, -0.15) is 0 Å². The van der Waals surface area contributed by atoms with Gasteiger partial charge in [0.25, 0.3) is 0 Å². The highest BCUT2D eigenvalue weighted by Crippen LogP contribution is 1.62. The van der Waals surface area contributed by atoms with Gasteiger partial charge in [0.1, 0.15) is 0 Å². The topological polar surface area (TPSA) is 28.7 Å². The first-order valence-electron chi connectivity index (χ1n) is 1.43. The zero-order valence-electron chi connectivity index (χ0n) is 2.68. The molecule has 2 nitrogen and oxygen atoms in total. The number of hydrogen-bond donors (Lipinski definition) is 1. The van der Waals surface area contributed by atoms with Crippen LogP contribution in [-0.4, -0.2) is 9.97 Å². The van der Waals surface area contributed by atoms with Crippen LogP contribution < -0.4 is 0 Å². The van der Waals surface area contributed by atoms with Gasteiger partial charge < -0.3 is 4.98 Å². The number of rotatable bonds is 0. The Hall–Kier alpha value is -0.790. The molecule has 1 heterocycles. The first kappa shape index (κ1) is 2.45. The molecule has 0 bridgehead atoms. The van der Waals surface area contributed by atoms with Gasteiger partial charge in [-0.15, -0.1) is 0 Å². The highest BCUT2D eigenvalue weighted by Gasteiger charge is 1.56. The van der Waals surface area contributed by atoms with Gasteiger partial charge in [0.15, 0.2) is 0 Å². The van der Waals surface area contributed by atoms with E-state index in [4.69, 9.17) is 0 Å². The maximum absolute atomic E-state index is 3.67. The zero-order chi connectivity index (χ0) is 3.54. The number of hydrogen-bond acceptors (Lipinski definition) is 1. The second-order valence-electron chi connectivity index (χ2n) is 0.761. The molecule has 0 saturated heterocycles. The van der Waals surface area contributed by atoms with Gasteiger partial charge in [0.05, 0.1) is 6.33 Å². The molecule has 1 N–H and O–H groups in total. The van der Waals surface area contributed by atoms with Crippen LogP contribution in [0.25, 0.3) is 0 Å². The predicted molar refractivity (Wildman–Crippen MR) is 18.6 cm³/mol. The number of nitrogens with zero attached hydrogens (tertiary/aromatic N) is 1. The van der Waals surface area contributed by atoms with Crippen molar-refractivity contribution in [1.29, 1.82) is 0 Å². The molecule has 0 aromatic carbocycles. The van der Waals surface area contributed by atoms with Crippen LogP contribution in [0.1, 0.15) is 0 Å². The molecule has 0 aliphatic rings. The maximum Gasteiger partial charge on any atom is 0.0919 e. The molecule has 0 atom stereocenters. The summed E-state index contributed by atoms with van der Waals surface area (Å²) < 4.78 is 0. The lowest BCUT2D eigenvalue weighted by Crippen LogP contribution is -1.44. The summed E-state index contributed by atoms with van der Waals surface area (Å²) in [6, 6.07) is 0. The van der Waals surface area contributed by atoms with E-state index in [0.717, 1.165) is 0 Å². The summed E-state index contributed by atoms with van der Waals surface area (Å²) in [5.74, 6) is 0. The minimum Gasteiger partial charge on any atom is -0.351 e. The van der Waals surface area contributed by atoms with E-state index in [-0.39, 0.29) is 0 Å². The highest BCUT2D eigenvalue weighted by atomic mass is 15.1. The molecule has 0 fully saturated rings. The SMILES string of the molecule is [13cH]1[13cH][nH][13cH]n1. The summed E-state index contributed by atoms with van der Waals surface area (Å²) in [5.41, 5.74) is 0. The molecule has 1 aromatic rings. The molecule has 26 valence electrons. The fourth-order valence-electron chi connectivity index (χ4n) is 0.215. The standard InChI is InChI=1S/C3H4N2/c1-2-5-3-4-1/h1-3H,(H,4,5)/i1+1,2+1,3+1. The quantitative estimate of drug-likeness (QED) is 0.471. The Morgan fingerprint density at radius 2 is 2.60 bits per heavy atom. The monoisotopic (exact) mass is 71.0 g/mol. The van der Waals surface area contributed by atoms with Gasteiger partial charge in [-0.1, -0.05) is 0 Å². The summed E-state index contributed by atoms with van der Waals surface area (Å²) in [5, 5.41) is 0. The zero-order valence-corrected chi connectivity index (χ0v) is 2.68. The molecule has 5 heavy (non-hydrogen) atoms. The van der Waals surface area contributed by atoms with Crippen molar-refractivity contribution in [2.24, 2.45) is 0 Å². The Morgan fingerprint density at radius 1 is 1.60 bits per heavy atom. The third-order valence-electron chi connectivity index (χ3n) is 0.406. The van der Waals surface area contributed by atoms with Crippen LogP contribution >= 0.6 is 0 Å². The molecular weight excluding hydrogens is 67.0 g/mol. The van der Waals surface area contributed by atoms with E-state index in [1.165, 1.54) is 0 Å². The van der Waals surface area contributed by atoms with Crippen LogP contribution in [0.5, 0.6) is 0 Å². The minimum atomic E-state index is 1.62. The highest BCUT2D eigenvalue weighted by molar-refractivity contribution is 4.64. The van der Waals surface area contributed by atoms with E-state index < -0.39 is 0 Å². The number of H-pyrrole nitrogens is 1. The normalized spacial score (nSPS) is 8.00. The lowest BCUT2D eigenvalue weighted by Gasteiger charge is -1.46. The number of aromatic nitrogens is 2. The molecule has 0 spiro atoms. The van der Waals surface area contributed by atoms with Crippen molar-refractivity contribution >= 4 is 0 Å². The fraction of sp³-hybridized carbons (Fsp3) is 0. The lowest BCUT2D eigenvalue weighted by atomic mass is 11.9. The molecule has 0 saturated carbocycles. The Labute approximate surface area is 29.9 Å². The van der Waals surface area contributed by atoms with Crippen molar-refractivity contribution in [3.05, 3.63) is 18.7 Å². The Kier molecular flexibility index (Phi) is 0.433. The van der Waals surface area contributed by atoms with Crippen LogP contribution in [0, 0.1) is 0 Å². The van der Waals surface area contributed by atoms with Crippen LogP contribution in [0.3, 0.4) is 0 Å². The summed E-state index contributed by atoms with van der Waals surface area (Å²) in [7, 11) is 0. The van der Waals surface area contributed by atoms with E-state index >= 15 is 0 Å². The second kappa shape index (κ2) is 0.885. The van der Waals surface area contributed by atoms with Crippen molar-refractivity contribution < 1.29 is 0 Å². The van der Waals surface area contributed by atoms with Crippen molar-refractivity contribution in [1.82, 2.24) is 9.97 Å².